The lowest BCUT2D eigenvalue weighted by atomic mass is 9.78. The Kier molecular flexibility index (Phi) is 4.81. The fourth-order valence-electron chi connectivity index (χ4n) is 4.30. The van der Waals surface area contributed by atoms with E-state index >= 15 is 0 Å². The van der Waals surface area contributed by atoms with Gasteiger partial charge in [0.1, 0.15) is 5.56 Å². The quantitative estimate of drug-likeness (QED) is 0.831. The van der Waals surface area contributed by atoms with Gasteiger partial charge in [0.15, 0.2) is 0 Å². The van der Waals surface area contributed by atoms with Gasteiger partial charge in [-0.25, -0.2) is 9.48 Å². The molecule has 0 unspecified atom stereocenters. The molecular weight excluding hydrogens is 326 g/mol. The van der Waals surface area contributed by atoms with Crippen molar-refractivity contribution in [3.05, 3.63) is 47.3 Å². The zero-order valence-electron chi connectivity index (χ0n) is 15.4. The molecule has 0 spiro atoms. The van der Waals surface area contributed by atoms with Crippen LogP contribution in [-0.4, -0.2) is 29.4 Å². The highest BCUT2D eigenvalue weighted by atomic mass is 16.5. The molecule has 0 amide bonds. The van der Waals surface area contributed by atoms with E-state index in [0.717, 1.165) is 30.8 Å². The van der Waals surface area contributed by atoms with Crippen LogP contribution in [-0.2, 0) is 4.74 Å². The van der Waals surface area contributed by atoms with Crippen LogP contribution in [0, 0.1) is 5.92 Å². The molecule has 2 N–H and O–H groups in total. The Hall–Kier alpha value is -2.14. The van der Waals surface area contributed by atoms with Crippen LogP contribution in [0.15, 0.2) is 30.5 Å². The van der Waals surface area contributed by atoms with Gasteiger partial charge in [-0.2, -0.15) is 5.10 Å². The van der Waals surface area contributed by atoms with Crippen molar-refractivity contribution < 1.29 is 9.53 Å². The molecule has 0 bridgehead atoms. The van der Waals surface area contributed by atoms with E-state index in [0.29, 0.717) is 23.3 Å². The molecule has 138 valence electrons. The molecule has 2 fully saturated rings. The van der Waals surface area contributed by atoms with Gasteiger partial charge in [-0.05, 0) is 68.2 Å². The predicted octanol–water partition coefficient (Wildman–Crippen LogP) is 3.77. The molecule has 0 saturated heterocycles. The number of carbonyl (C=O) groups is 1. The second kappa shape index (κ2) is 7.23. The number of ether oxygens (including phenoxy) is 1. The molecule has 1 aromatic heterocycles. The third kappa shape index (κ3) is 3.28. The van der Waals surface area contributed by atoms with E-state index < -0.39 is 0 Å². The molecule has 2 atom stereocenters. The Balaban J connectivity index is 1.67. The highest BCUT2D eigenvalue weighted by Crippen LogP contribution is 2.43. The summed E-state index contributed by atoms with van der Waals surface area (Å²) in [5.74, 6) is 1.31. The molecule has 0 radical (unpaired) electrons. The topological polar surface area (TPSA) is 70.1 Å². The maximum absolute atomic E-state index is 12.1. The van der Waals surface area contributed by atoms with Crippen LogP contribution in [0.25, 0.3) is 5.69 Å². The summed E-state index contributed by atoms with van der Waals surface area (Å²) in [6.45, 7) is 0.781. The molecule has 26 heavy (non-hydrogen) atoms. The first kappa shape index (κ1) is 17.3. The summed E-state index contributed by atoms with van der Waals surface area (Å²) in [5, 5.41) is 4.53. The highest BCUT2D eigenvalue weighted by Gasteiger charge is 2.33. The van der Waals surface area contributed by atoms with Crippen molar-refractivity contribution in [2.45, 2.75) is 50.4 Å². The minimum absolute atomic E-state index is 0.299. The van der Waals surface area contributed by atoms with E-state index in [9.17, 15) is 4.79 Å². The maximum atomic E-state index is 12.1. The largest absolute Gasteiger partial charge is 0.465 e. The van der Waals surface area contributed by atoms with E-state index in [4.69, 9.17) is 10.5 Å². The summed E-state index contributed by atoms with van der Waals surface area (Å²) in [7, 11) is 1.42. The molecule has 4 rings (SSSR count). The summed E-state index contributed by atoms with van der Waals surface area (Å²) in [6.07, 6.45) is 8.76. The molecule has 2 aliphatic rings. The molecule has 2 saturated carbocycles. The Bertz CT molecular complexity index is 794. The van der Waals surface area contributed by atoms with Crippen molar-refractivity contribution >= 4 is 5.97 Å². The van der Waals surface area contributed by atoms with Crippen molar-refractivity contribution in [3.8, 4) is 5.69 Å². The van der Waals surface area contributed by atoms with Crippen LogP contribution in [0.4, 0.5) is 0 Å². The summed E-state index contributed by atoms with van der Waals surface area (Å²) in [6, 6.07) is 8.64. The van der Waals surface area contributed by atoms with Gasteiger partial charge in [0.05, 0.1) is 24.7 Å². The number of methoxy groups -OCH3 is 1. The molecule has 1 aromatic carbocycles. The van der Waals surface area contributed by atoms with Gasteiger partial charge in [-0.1, -0.05) is 18.6 Å². The van der Waals surface area contributed by atoms with E-state index in [1.165, 1.54) is 38.4 Å². The SMILES string of the molecule is COC(=O)c1cnn(-c2cccc([C@H]3CCC[C@@H](CN)C3)c2)c1C1CC1. The van der Waals surface area contributed by atoms with Crippen molar-refractivity contribution in [2.24, 2.45) is 11.7 Å². The van der Waals surface area contributed by atoms with Gasteiger partial charge in [0, 0.05) is 5.92 Å². The fraction of sp³-hybridized carbons (Fsp3) is 0.524. The zero-order valence-corrected chi connectivity index (χ0v) is 15.4. The highest BCUT2D eigenvalue weighted by molar-refractivity contribution is 5.90. The molecule has 5 nitrogen and oxygen atoms in total. The summed E-state index contributed by atoms with van der Waals surface area (Å²) in [5.41, 5.74) is 9.90. The lowest BCUT2D eigenvalue weighted by Crippen LogP contribution is -2.21. The number of rotatable bonds is 5. The van der Waals surface area contributed by atoms with Gasteiger partial charge < -0.3 is 10.5 Å². The Labute approximate surface area is 154 Å². The standard InChI is InChI=1S/C21H27N3O2/c1-26-21(25)19-13-23-24(20(19)15-8-9-15)18-7-3-6-17(11-18)16-5-2-4-14(10-16)12-22/h3,6-7,11,13-16H,2,4-5,8-10,12,22H2,1H3/t14-,16+/m1/s1. The number of nitrogens with two attached hydrogens (primary N) is 1. The summed E-state index contributed by atoms with van der Waals surface area (Å²) >= 11 is 0. The van der Waals surface area contributed by atoms with Crippen molar-refractivity contribution in [1.82, 2.24) is 9.78 Å². The third-order valence-corrected chi connectivity index (χ3v) is 5.88. The molecule has 0 aliphatic heterocycles. The van der Waals surface area contributed by atoms with Crippen LogP contribution >= 0.6 is 0 Å². The smallest absolute Gasteiger partial charge is 0.341 e. The minimum Gasteiger partial charge on any atom is -0.465 e. The van der Waals surface area contributed by atoms with Crippen LogP contribution < -0.4 is 5.73 Å². The van der Waals surface area contributed by atoms with Crippen molar-refractivity contribution in [1.29, 1.82) is 0 Å². The van der Waals surface area contributed by atoms with E-state index in [1.807, 2.05) is 4.68 Å². The summed E-state index contributed by atoms with van der Waals surface area (Å²) < 4.78 is 6.88. The van der Waals surface area contributed by atoms with Gasteiger partial charge in [0.2, 0.25) is 0 Å². The van der Waals surface area contributed by atoms with Crippen molar-refractivity contribution in [2.75, 3.05) is 13.7 Å². The van der Waals surface area contributed by atoms with Gasteiger partial charge in [0.25, 0.3) is 0 Å². The monoisotopic (exact) mass is 353 g/mol. The van der Waals surface area contributed by atoms with Gasteiger partial charge >= 0.3 is 5.97 Å². The Morgan fingerprint density at radius 2 is 2.12 bits per heavy atom. The molecule has 1 heterocycles. The van der Waals surface area contributed by atoms with Crippen molar-refractivity contribution in [3.63, 3.8) is 0 Å². The molecule has 2 aliphatic carbocycles. The van der Waals surface area contributed by atoms with E-state index in [1.54, 1.807) is 6.20 Å². The normalized spacial score (nSPS) is 23.0. The lowest BCUT2D eigenvalue weighted by molar-refractivity contribution is 0.0599. The maximum Gasteiger partial charge on any atom is 0.341 e. The third-order valence-electron chi connectivity index (χ3n) is 5.88. The zero-order chi connectivity index (χ0) is 18.1. The first-order valence-electron chi connectivity index (χ1n) is 9.68. The number of carbonyl (C=O) groups excluding carboxylic acids is 1. The van der Waals surface area contributed by atoms with Gasteiger partial charge in [-0.3, -0.25) is 0 Å². The van der Waals surface area contributed by atoms with Crippen LogP contribution in [0.5, 0.6) is 0 Å². The Morgan fingerprint density at radius 3 is 2.85 bits per heavy atom. The average molecular weight is 353 g/mol. The second-order valence-corrected chi connectivity index (χ2v) is 7.68. The van der Waals surface area contributed by atoms with E-state index in [-0.39, 0.29) is 5.97 Å². The molecular formula is C21H27N3O2. The van der Waals surface area contributed by atoms with E-state index in [2.05, 4.69) is 29.4 Å². The number of benzene rings is 1. The number of hydrogen-bond donors (Lipinski definition) is 1. The van der Waals surface area contributed by atoms with Crippen LogP contribution in [0.3, 0.4) is 0 Å². The van der Waals surface area contributed by atoms with Crippen LogP contribution in [0.1, 0.15) is 72.0 Å². The second-order valence-electron chi connectivity index (χ2n) is 7.68. The minimum atomic E-state index is -0.299. The van der Waals surface area contributed by atoms with Crippen LogP contribution in [0.2, 0.25) is 0 Å². The lowest BCUT2D eigenvalue weighted by Gasteiger charge is -2.28. The number of aromatic nitrogens is 2. The average Bonchev–Trinajstić information content (AvgIpc) is 3.45. The van der Waals surface area contributed by atoms with Gasteiger partial charge in [-0.15, -0.1) is 0 Å². The first-order chi connectivity index (χ1) is 12.7. The number of esters is 1. The Morgan fingerprint density at radius 1 is 1.27 bits per heavy atom. The predicted molar refractivity (Wildman–Crippen MR) is 101 cm³/mol. The number of hydrogen-bond acceptors (Lipinski definition) is 4. The fourth-order valence-corrected chi connectivity index (χ4v) is 4.30. The molecule has 2 aromatic rings. The molecule has 5 heteroatoms. The number of nitrogens with zero attached hydrogens (tertiary/aromatic N) is 2. The first-order valence-corrected chi connectivity index (χ1v) is 9.68. The summed E-state index contributed by atoms with van der Waals surface area (Å²) in [4.78, 5) is 12.1.